The van der Waals surface area contributed by atoms with Gasteiger partial charge in [0.25, 0.3) is 0 Å². The number of rotatable bonds is 5. The van der Waals surface area contributed by atoms with E-state index in [0.717, 1.165) is 39.0 Å². The summed E-state index contributed by atoms with van der Waals surface area (Å²) in [4.78, 5) is 16.0. The summed E-state index contributed by atoms with van der Waals surface area (Å²) in [5.74, 6) is -0.377. The molecule has 3 heterocycles. The molecule has 3 fully saturated rings. The van der Waals surface area contributed by atoms with E-state index in [1.165, 1.54) is 0 Å². The lowest BCUT2D eigenvalue weighted by Gasteiger charge is -2.51. The molecule has 2 N–H and O–H groups in total. The molecule has 3 aliphatic rings. The van der Waals surface area contributed by atoms with Crippen molar-refractivity contribution in [2.24, 2.45) is 5.92 Å². The lowest BCUT2D eigenvalue weighted by atomic mass is 9.72. The van der Waals surface area contributed by atoms with Gasteiger partial charge in [0.05, 0.1) is 0 Å². The molecule has 0 amide bonds. The van der Waals surface area contributed by atoms with E-state index >= 15 is 0 Å². The Morgan fingerprint density at radius 2 is 2.12 bits per heavy atom. The fourth-order valence-corrected chi connectivity index (χ4v) is 3.09. The molecule has 3 rings (SSSR count). The van der Waals surface area contributed by atoms with Crippen LogP contribution in [-0.2, 0) is 4.79 Å². The second kappa shape index (κ2) is 4.92. The van der Waals surface area contributed by atoms with Gasteiger partial charge < -0.3 is 14.9 Å². The van der Waals surface area contributed by atoms with Crippen LogP contribution < -0.4 is 5.32 Å². The zero-order valence-corrected chi connectivity index (χ0v) is 10.8. The van der Waals surface area contributed by atoms with Crippen LogP contribution >= 0.6 is 0 Å². The normalized spacial score (nSPS) is 36.4. The molecule has 5 nitrogen and oxygen atoms in total. The summed E-state index contributed by atoms with van der Waals surface area (Å²) < 4.78 is 0. The topological polar surface area (TPSA) is 55.8 Å². The number of hydrogen-bond donors (Lipinski definition) is 2. The van der Waals surface area contributed by atoms with Gasteiger partial charge in [-0.3, -0.25) is 10.1 Å². The maximum Gasteiger partial charge on any atom is 0.325 e. The smallest absolute Gasteiger partial charge is 0.325 e. The monoisotopic (exact) mass is 241 g/mol. The van der Waals surface area contributed by atoms with Crippen molar-refractivity contribution >= 4 is 5.97 Å². The number of nitrogens with one attached hydrogen (secondary N) is 1. The van der Waals surface area contributed by atoms with Crippen molar-refractivity contribution in [2.75, 3.05) is 46.8 Å². The summed E-state index contributed by atoms with van der Waals surface area (Å²) in [5.41, 5.74) is -0.702. The Morgan fingerprint density at radius 3 is 2.53 bits per heavy atom. The van der Waals surface area contributed by atoms with E-state index in [-0.39, 0.29) is 0 Å². The van der Waals surface area contributed by atoms with Gasteiger partial charge in [-0.1, -0.05) is 0 Å². The number of nitrogens with zero attached hydrogens (tertiary/aromatic N) is 2. The molecule has 0 spiro atoms. The Bertz CT molecular complexity index is 287. The zero-order valence-electron chi connectivity index (χ0n) is 10.8. The van der Waals surface area contributed by atoms with Crippen LogP contribution in [0.15, 0.2) is 0 Å². The summed E-state index contributed by atoms with van der Waals surface area (Å²) in [6.07, 6.45) is 2.03. The first kappa shape index (κ1) is 12.8. The average molecular weight is 241 g/mol. The molecule has 17 heavy (non-hydrogen) atoms. The van der Waals surface area contributed by atoms with Crippen molar-refractivity contribution < 1.29 is 9.90 Å². The predicted molar refractivity (Wildman–Crippen MR) is 66.1 cm³/mol. The highest BCUT2D eigenvalue weighted by Gasteiger charge is 2.51. The minimum atomic E-state index is -0.702. The summed E-state index contributed by atoms with van der Waals surface area (Å²) in [6.45, 7) is 4.41. The molecular formula is C12H23N3O2. The Kier molecular flexibility index (Phi) is 3.70. The third-order valence-electron chi connectivity index (χ3n) is 4.14. The minimum absolute atomic E-state index is 0.298. The molecule has 0 aliphatic carbocycles. The van der Waals surface area contributed by atoms with E-state index in [4.69, 9.17) is 0 Å². The Morgan fingerprint density at radius 1 is 1.47 bits per heavy atom. The van der Waals surface area contributed by atoms with E-state index in [0.29, 0.717) is 12.5 Å². The van der Waals surface area contributed by atoms with Gasteiger partial charge in [0.2, 0.25) is 0 Å². The quantitative estimate of drug-likeness (QED) is 0.691. The Labute approximate surface area is 103 Å². The molecular weight excluding hydrogens is 218 g/mol. The number of likely N-dealkylation sites (N-methyl/N-ethyl adjacent to an activating group) is 1. The SMILES string of the molecule is CN(C)CCNC1(C(=O)O)CN2CCC1CC2. The van der Waals surface area contributed by atoms with E-state index in [1.807, 2.05) is 14.1 Å². The van der Waals surface area contributed by atoms with E-state index in [2.05, 4.69) is 15.1 Å². The third-order valence-corrected chi connectivity index (χ3v) is 4.14. The first-order valence-electron chi connectivity index (χ1n) is 6.40. The minimum Gasteiger partial charge on any atom is -0.480 e. The first-order valence-corrected chi connectivity index (χ1v) is 6.40. The van der Waals surface area contributed by atoms with Gasteiger partial charge in [-0.25, -0.2) is 0 Å². The number of fused-ring (bicyclic) bond motifs is 3. The van der Waals surface area contributed by atoms with Gasteiger partial charge >= 0.3 is 5.97 Å². The van der Waals surface area contributed by atoms with Crippen molar-refractivity contribution in [1.82, 2.24) is 15.1 Å². The van der Waals surface area contributed by atoms with Gasteiger partial charge in [-0.2, -0.15) is 0 Å². The second-order valence-electron chi connectivity index (χ2n) is 5.56. The van der Waals surface area contributed by atoms with E-state index < -0.39 is 11.5 Å². The molecule has 0 saturated carbocycles. The highest BCUT2D eigenvalue weighted by molar-refractivity contribution is 5.80. The van der Waals surface area contributed by atoms with Gasteiger partial charge in [-0.05, 0) is 45.9 Å². The molecule has 3 saturated heterocycles. The van der Waals surface area contributed by atoms with Gasteiger partial charge in [0.1, 0.15) is 5.54 Å². The number of aliphatic carboxylic acids is 1. The third kappa shape index (κ3) is 2.46. The van der Waals surface area contributed by atoms with Crippen molar-refractivity contribution in [3.63, 3.8) is 0 Å². The van der Waals surface area contributed by atoms with Crippen LogP contribution in [-0.4, -0.2) is 73.2 Å². The summed E-state index contributed by atoms with van der Waals surface area (Å²) >= 11 is 0. The van der Waals surface area contributed by atoms with Crippen LogP contribution in [0.5, 0.6) is 0 Å². The van der Waals surface area contributed by atoms with Crippen LogP contribution in [0.3, 0.4) is 0 Å². The van der Waals surface area contributed by atoms with Gasteiger partial charge in [0, 0.05) is 19.6 Å². The number of carboxylic acid groups (broad SMARTS) is 1. The summed E-state index contributed by atoms with van der Waals surface area (Å²) in [5, 5.41) is 12.9. The highest BCUT2D eigenvalue weighted by Crippen LogP contribution is 2.35. The van der Waals surface area contributed by atoms with Crippen molar-refractivity contribution in [3.8, 4) is 0 Å². The molecule has 1 unspecified atom stereocenters. The lowest BCUT2D eigenvalue weighted by Crippen LogP contribution is -2.70. The molecule has 1 atom stereocenters. The fraction of sp³-hybridized carbons (Fsp3) is 0.917. The molecule has 98 valence electrons. The van der Waals surface area contributed by atoms with Crippen molar-refractivity contribution in [3.05, 3.63) is 0 Å². The van der Waals surface area contributed by atoms with Crippen LogP contribution in [0.25, 0.3) is 0 Å². The summed E-state index contributed by atoms with van der Waals surface area (Å²) in [6, 6.07) is 0. The highest BCUT2D eigenvalue weighted by atomic mass is 16.4. The van der Waals surface area contributed by atoms with E-state index in [1.54, 1.807) is 0 Å². The molecule has 3 aliphatic heterocycles. The largest absolute Gasteiger partial charge is 0.480 e. The standard InChI is InChI=1S/C12H23N3O2/c1-14(2)8-5-13-12(11(16)17)9-15-6-3-10(12)4-7-15/h10,13H,3-9H2,1-2H3,(H,16,17). The maximum absolute atomic E-state index is 11.6. The molecule has 0 aromatic rings. The molecule has 0 radical (unpaired) electrons. The van der Waals surface area contributed by atoms with Crippen LogP contribution in [0.4, 0.5) is 0 Å². The van der Waals surface area contributed by atoms with Crippen LogP contribution in [0.1, 0.15) is 12.8 Å². The average Bonchev–Trinajstić information content (AvgIpc) is 2.29. The second-order valence-corrected chi connectivity index (χ2v) is 5.56. The molecule has 0 aromatic carbocycles. The molecule has 0 aromatic heterocycles. The number of carbonyl (C=O) groups is 1. The first-order chi connectivity index (χ1) is 8.04. The van der Waals surface area contributed by atoms with Gasteiger partial charge in [-0.15, -0.1) is 0 Å². The fourth-order valence-electron chi connectivity index (χ4n) is 3.09. The Balaban J connectivity index is 2.02. The zero-order chi connectivity index (χ0) is 12.5. The number of hydrogen-bond acceptors (Lipinski definition) is 4. The van der Waals surface area contributed by atoms with Crippen molar-refractivity contribution in [1.29, 1.82) is 0 Å². The van der Waals surface area contributed by atoms with Crippen LogP contribution in [0, 0.1) is 5.92 Å². The molecule has 5 heteroatoms. The van der Waals surface area contributed by atoms with Crippen LogP contribution in [0.2, 0.25) is 0 Å². The number of carboxylic acids is 1. The number of piperidine rings is 3. The maximum atomic E-state index is 11.6. The Hall–Kier alpha value is -0.650. The van der Waals surface area contributed by atoms with Gasteiger partial charge in [0.15, 0.2) is 0 Å². The predicted octanol–water partition coefficient (Wildman–Crippen LogP) is -0.313. The molecule has 2 bridgehead atoms. The summed E-state index contributed by atoms with van der Waals surface area (Å²) in [7, 11) is 4.01. The lowest BCUT2D eigenvalue weighted by molar-refractivity contribution is -0.154. The van der Waals surface area contributed by atoms with E-state index in [9.17, 15) is 9.90 Å². The van der Waals surface area contributed by atoms with Crippen molar-refractivity contribution in [2.45, 2.75) is 18.4 Å².